The highest BCUT2D eigenvalue weighted by molar-refractivity contribution is 5.92. The van der Waals surface area contributed by atoms with Crippen molar-refractivity contribution in [3.05, 3.63) is 46.6 Å². The Morgan fingerprint density at radius 3 is 2.28 bits per heavy atom. The van der Waals surface area contributed by atoms with E-state index in [9.17, 15) is 18.0 Å². The zero-order chi connectivity index (χ0) is 23.7. The van der Waals surface area contributed by atoms with E-state index < -0.39 is 23.1 Å². The van der Waals surface area contributed by atoms with E-state index in [-0.39, 0.29) is 12.2 Å². The van der Waals surface area contributed by atoms with Gasteiger partial charge in [0.05, 0.1) is 17.7 Å². The molecule has 1 heterocycles. The average Bonchev–Trinajstić information content (AvgIpc) is 3.03. The van der Waals surface area contributed by atoms with E-state index in [1.807, 2.05) is 11.5 Å². The second kappa shape index (κ2) is 9.32. The molecule has 32 heavy (non-hydrogen) atoms. The molecule has 0 amide bonds. The van der Waals surface area contributed by atoms with E-state index in [0.717, 1.165) is 18.5 Å². The minimum atomic E-state index is -4.46. The second-order valence-corrected chi connectivity index (χ2v) is 9.87. The summed E-state index contributed by atoms with van der Waals surface area (Å²) in [5, 5.41) is 0. The van der Waals surface area contributed by atoms with E-state index in [1.165, 1.54) is 25.3 Å². The van der Waals surface area contributed by atoms with Crippen molar-refractivity contribution in [1.29, 1.82) is 0 Å². The maximum Gasteiger partial charge on any atom is 0.416 e. The largest absolute Gasteiger partial charge is 0.462 e. The van der Waals surface area contributed by atoms with Crippen LogP contribution >= 0.6 is 0 Å². The molecule has 0 bridgehead atoms. The maximum atomic E-state index is 14.0. The van der Waals surface area contributed by atoms with Crippen LogP contribution in [0.4, 0.5) is 13.2 Å². The van der Waals surface area contributed by atoms with E-state index in [0.29, 0.717) is 29.3 Å². The highest BCUT2D eigenvalue weighted by Crippen LogP contribution is 2.40. The quantitative estimate of drug-likeness (QED) is 0.442. The molecule has 0 radical (unpaired) electrons. The smallest absolute Gasteiger partial charge is 0.416 e. The third-order valence-corrected chi connectivity index (χ3v) is 6.46. The molecule has 1 aliphatic carbocycles. The molecule has 0 saturated heterocycles. The van der Waals surface area contributed by atoms with E-state index in [4.69, 9.17) is 4.74 Å². The van der Waals surface area contributed by atoms with Crippen LogP contribution in [0.3, 0.4) is 0 Å². The molecule has 0 N–H and O–H groups in total. The van der Waals surface area contributed by atoms with Gasteiger partial charge in [-0.25, -0.2) is 4.79 Å². The fourth-order valence-electron chi connectivity index (χ4n) is 4.76. The van der Waals surface area contributed by atoms with Crippen molar-refractivity contribution in [3.8, 4) is 11.3 Å². The van der Waals surface area contributed by atoms with Crippen LogP contribution in [-0.2, 0) is 22.9 Å². The molecule has 0 atom stereocenters. The van der Waals surface area contributed by atoms with Crippen molar-refractivity contribution in [2.24, 2.45) is 5.92 Å². The van der Waals surface area contributed by atoms with Crippen LogP contribution < -0.4 is 0 Å². The molecule has 1 aromatic heterocycles. The van der Waals surface area contributed by atoms with Gasteiger partial charge in [0, 0.05) is 17.9 Å². The van der Waals surface area contributed by atoms with Gasteiger partial charge in [0.25, 0.3) is 0 Å². The molecule has 1 saturated carbocycles. The summed E-state index contributed by atoms with van der Waals surface area (Å²) >= 11 is 0. The number of carbonyl (C=O) groups is 1. The molecule has 1 aromatic carbocycles. The van der Waals surface area contributed by atoms with Gasteiger partial charge >= 0.3 is 12.1 Å². The number of halogens is 3. The minimum absolute atomic E-state index is 0.250. The lowest BCUT2D eigenvalue weighted by Gasteiger charge is -2.26. The molecule has 3 nitrogen and oxygen atoms in total. The van der Waals surface area contributed by atoms with Crippen molar-refractivity contribution in [1.82, 2.24) is 4.57 Å². The normalized spacial score (nSPS) is 15.8. The van der Waals surface area contributed by atoms with Crippen molar-refractivity contribution in [2.45, 2.75) is 84.9 Å². The zero-order valence-corrected chi connectivity index (χ0v) is 19.7. The van der Waals surface area contributed by atoms with Crippen LogP contribution in [-0.4, -0.2) is 17.1 Å². The molecule has 6 heteroatoms. The number of ether oxygens (including phenoxy) is 1. The fourth-order valence-corrected chi connectivity index (χ4v) is 4.76. The number of rotatable bonds is 5. The van der Waals surface area contributed by atoms with Gasteiger partial charge < -0.3 is 9.30 Å². The summed E-state index contributed by atoms with van der Waals surface area (Å²) in [4.78, 5) is 12.6. The summed E-state index contributed by atoms with van der Waals surface area (Å²) in [6, 6.07) is 6.26. The van der Waals surface area contributed by atoms with Gasteiger partial charge in [0.15, 0.2) is 0 Å². The van der Waals surface area contributed by atoms with E-state index in [2.05, 4.69) is 0 Å². The number of nitrogens with zero attached hydrogens (tertiary/aromatic N) is 1. The summed E-state index contributed by atoms with van der Waals surface area (Å²) in [5.74, 6) is 0.0237. The monoisotopic (exact) mass is 449 g/mol. The van der Waals surface area contributed by atoms with Gasteiger partial charge in [0.2, 0.25) is 0 Å². The van der Waals surface area contributed by atoms with E-state index in [1.54, 1.807) is 45.9 Å². The van der Waals surface area contributed by atoms with Crippen molar-refractivity contribution >= 4 is 5.97 Å². The number of alkyl halides is 3. The van der Waals surface area contributed by atoms with Gasteiger partial charge in [-0.3, -0.25) is 0 Å². The Labute approximate surface area is 189 Å². The van der Waals surface area contributed by atoms with Crippen LogP contribution in [0.1, 0.15) is 87.0 Å². The highest BCUT2D eigenvalue weighted by atomic mass is 19.4. The van der Waals surface area contributed by atoms with Crippen molar-refractivity contribution < 1.29 is 22.7 Å². The predicted molar refractivity (Wildman–Crippen MR) is 121 cm³/mol. The first kappa shape index (κ1) is 24.4. The first-order valence-corrected chi connectivity index (χ1v) is 11.5. The SMILES string of the molecule is CCOC(=O)c1cc(-c2ccc(C(C)(C)C)c(C(F)(F)F)c2)n(CC2CCCCC2)c1C. The topological polar surface area (TPSA) is 31.2 Å². The van der Waals surface area contributed by atoms with Gasteiger partial charge in [0.1, 0.15) is 0 Å². The molecule has 2 aromatic rings. The lowest BCUT2D eigenvalue weighted by atomic mass is 9.82. The number of esters is 1. The molecule has 1 fully saturated rings. The van der Waals surface area contributed by atoms with Crippen LogP contribution in [0.25, 0.3) is 11.3 Å². The molecular weight excluding hydrogens is 415 g/mol. The summed E-state index contributed by atoms with van der Waals surface area (Å²) in [5.41, 5.74) is 1.29. The van der Waals surface area contributed by atoms with Gasteiger partial charge in [-0.2, -0.15) is 13.2 Å². The average molecular weight is 450 g/mol. The van der Waals surface area contributed by atoms with Crippen LogP contribution in [0.5, 0.6) is 0 Å². The summed E-state index contributed by atoms with van der Waals surface area (Å²) in [7, 11) is 0. The first-order valence-electron chi connectivity index (χ1n) is 11.5. The molecule has 3 rings (SSSR count). The third kappa shape index (κ3) is 5.21. The second-order valence-electron chi connectivity index (χ2n) is 9.87. The molecule has 0 unspecified atom stereocenters. The van der Waals surface area contributed by atoms with Crippen LogP contribution in [0.2, 0.25) is 0 Å². The summed E-state index contributed by atoms with van der Waals surface area (Å²) in [6.07, 6.45) is 1.31. The van der Waals surface area contributed by atoms with E-state index >= 15 is 0 Å². The predicted octanol–water partition coefficient (Wildman–Crippen LogP) is 7.54. The number of benzene rings is 1. The number of hydrogen-bond acceptors (Lipinski definition) is 2. The lowest BCUT2D eigenvalue weighted by Crippen LogP contribution is -2.20. The van der Waals surface area contributed by atoms with Gasteiger partial charge in [-0.1, -0.05) is 52.2 Å². The Hall–Kier alpha value is -2.24. The molecule has 0 aliphatic heterocycles. The maximum absolute atomic E-state index is 14.0. The lowest BCUT2D eigenvalue weighted by molar-refractivity contribution is -0.138. The zero-order valence-electron chi connectivity index (χ0n) is 19.7. The third-order valence-electron chi connectivity index (χ3n) is 6.46. The number of aromatic nitrogens is 1. The van der Waals surface area contributed by atoms with Crippen molar-refractivity contribution in [2.75, 3.05) is 6.61 Å². The van der Waals surface area contributed by atoms with Crippen molar-refractivity contribution in [3.63, 3.8) is 0 Å². The molecule has 1 aliphatic rings. The number of carbonyl (C=O) groups excluding carboxylic acids is 1. The Balaban J connectivity index is 2.14. The summed E-state index contributed by atoms with van der Waals surface area (Å²) < 4.78 is 49.2. The van der Waals surface area contributed by atoms with Crippen LogP contribution in [0, 0.1) is 12.8 Å². The standard InChI is InChI=1S/C26H34F3NO2/c1-6-32-24(31)20-15-23(30(17(20)2)16-18-10-8-7-9-11-18)19-12-13-21(25(3,4)5)22(14-19)26(27,28)29/h12-15,18H,6-11,16H2,1-5H3. The number of hydrogen-bond donors (Lipinski definition) is 0. The Kier molecular flexibility index (Phi) is 7.11. The minimum Gasteiger partial charge on any atom is -0.462 e. The molecule has 176 valence electrons. The molecular formula is C26H34F3NO2. The van der Waals surface area contributed by atoms with Crippen LogP contribution in [0.15, 0.2) is 24.3 Å². The fraction of sp³-hybridized carbons (Fsp3) is 0.577. The highest BCUT2D eigenvalue weighted by Gasteiger charge is 2.37. The van der Waals surface area contributed by atoms with Gasteiger partial charge in [-0.15, -0.1) is 0 Å². The Morgan fingerprint density at radius 2 is 1.72 bits per heavy atom. The Morgan fingerprint density at radius 1 is 1.06 bits per heavy atom. The summed E-state index contributed by atoms with van der Waals surface area (Å²) in [6.45, 7) is 9.90. The Bertz CT molecular complexity index is 961. The molecule has 0 spiro atoms. The van der Waals surface area contributed by atoms with Gasteiger partial charge in [-0.05, 0) is 61.3 Å². The first-order chi connectivity index (χ1) is 14.9.